The fourth-order valence-electron chi connectivity index (χ4n) is 2.45. The Labute approximate surface area is 168 Å². The van der Waals surface area contributed by atoms with E-state index in [0.717, 1.165) is 6.42 Å². The molecule has 2 amide bonds. The molecule has 2 N–H and O–H groups in total. The van der Waals surface area contributed by atoms with Gasteiger partial charge in [0.1, 0.15) is 16.9 Å². The maximum Gasteiger partial charge on any atom is 0.349 e. The molecule has 28 heavy (non-hydrogen) atoms. The van der Waals surface area contributed by atoms with Gasteiger partial charge in [-0.3, -0.25) is 20.4 Å². The van der Waals surface area contributed by atoms with E-state index in [1.807, 2.05) is 6.92 Å². The minimum absolute atomic E-state index is 0.220. The van der Waals surface area contributed by atoms with Crippen LogP contribution in [-0.4, -0.2) is 18.4 Å². The molecular weight excluding hydrogens is 428 g/mol. The zero-order chi connectivity index (χ0) is 20.1. The summed E-state index contributed by atoms with van der Waals surface area (Å²) in [4.78, 5) is 36.6. The number of carbonyl (C=O) groups excluding carboxylic acids is 2. The molecule has 1 heterocycles. The Kier molecular flexibility index (Phi) is 6.10. The van der Waals surface area contributed by atoms with Crippen LogP contribution in [0, 0.1) is 0 Å². The Bertz CT molecular complexity index is 1090. The summed E-state index contributed by atoms with van der Waals surface area (Å²) in [6, 6.07) is 13.2. The number of hydrogen-bond donors (Lipinski definition) is 2. The lowest BCUT2D eigenvalue weighted by Crippen LogP contribution is -2.43. The zero-order valence-electron chi connectivity index (χ0n) is 15.0. The smallest absolute Gasteiger partial charge is 0.349 e. The first-order valence-corrected chi connectivity index (χ1v) is 9.35. The average molecular weight is 445 g/mol. The summed E-state index contributed by atoms with van der Waals surface area (Å²) in [6.45, 7) is 2.54. The van der Waals surface area contributed by atoms with E-state index in [4.69, 9.17) is 9.15 Å². The molecule has 7 nitrogen and oxygen atoms in total. The van der Waals surface area contributed by atoms with Crippen molar-refractivity contribution < 1.29 is 18.7 Å². The molecular formula is C20H17BrN2O5. The SMILES string of the molecule is CCCOc1ccc2cc(C(=O)NNC(=O)c3ccccc3Br)c(=O)oc2c1. The predicted octanol–water partition coefficient (Wildman–Crippen LogP) is 3.42. The van der Waals surface area contributed by atoms with E-state index in [1.165, 1.54) is 6.07 Å². The molecule has 0 saturated carbocycles. The van der Waals surface area contributed by atoms with Crippen molar-refractivity contribution in [2.75, 3.05) is 6.61 Å². The molecule has 3 rings (SSSR count). The summed E-state index contributed by atoms with van der Waals surface area (Å²) in [7, 11) is 0. The third-order valence-corrected chi connectivity index (χ3v) is 4.52. The van der Waals surface area contributed by atoms with Gasteiger partial charge in [0.15, 0.2) is 0 Å². The quantitative estimate of drug-likeness (QED) is 0.464. The molecule has 0 radical (unpaired) electrons. The summed E-state index contributed by atoms with van der Waals surface area (Å²) < 4.78 is 11.3. The van der Waals surface area contributed by atoms with Gasteiger partial charge < -0.3 is 9.15 Å². The van der Waals surface area contributed by atoms with Gasteiger partial charge in [-0.1, -0.05) is 19.1 Å². The molecule has 0 fully saturated rings. The third-order valence-electron chi connectivity index (χ3n) is 3.83. The number of carbonyl (C=O) groups is 2. The Hall–Kier alpha value is -3.13. The number of fused-ring (bicyclic) bond motifs is 1. The van der Waals surface area contributed by atoms with Crippen LogP contribution in [0.25, 0.3) is 11.0 Å². The molecule has 0 unspecified atom stereocenters. The van der Waals surface area contributed by atoms with E-state index in [9.17, 15) is 14.4 Å². The van der Waals surface area contributed by atoms with Crippen LogP contribution in [0.3, 0.4) is 0 Å². The maximum absolute atomic E-state index is 12.3. The lowest BCUT2D eigenvalue weighted by Gasteiger charge is -2.09. The van der Waals surface area contributed by atoms with Crippen LogP contribution in [-0.2, 0) is 0 Å². The monoisotopic (exact) mass is 444 g/mol. The van der Waals surface area contributed by atoms with Gasteiger partial charge in [0.2, 0.25) is 0 Å². The first-order chi connectivity index (χ1) is 13.5. The molecule has 0 bridgehead atoms. The van der Waals surface area contributed by atoms with Gasteiger partial charge in [-0.25, -0.2) is 4.79 Å². The van der Waals surface area contributed by atoms with Crippen molar-refractivity contribution in [2.24, 2.45) is 0 Å². The third kappa shape index (κ3) is 4.40. The second-order valence-electron chi connectivity index (χ2n) is 5.88. The van der Waals surface area contributed by atoms with Crippen molar-refractivity contribution in [1.29, 1.82) is 0 Å². The lowest BCUT2D eigenvalue weighted by molar-refractivity contribution is 0.0844. The molecule has 0 spiro atoms. The molecule has 0 aliphatic heterocycles. The van der Waals surface area contributed by atoms with Crippen LogP contribution in [0.2, 0.25) is 0 Å². The minimum Gasteiger partial charge on any atom is -0.493 e. The van der Waals surface area contributed by atoms with Crippen molar-refractivity contribution in [1.82, 2.24) is 10.9 Å². The highest BCUT2D eigenvalue weighted by Crippen LogP contribution is 2.21. The number of hydrogen-bond acceptors (Lipinski definition) is 5. The van der Waals surface area contributed by atoms with Gasteiger partial charge in [0.05, 0.1) is 12.2 Å². The summed E-state index contributed by atoms with van der Waals surface area (Å²) in [5.74, 6) is -0.721. The van der Waals surface area contributed by atoms with E-state index >= 15 is 0 Å². The Balaban J connectivity index is 1.76. The second-order valence-corrected chi connectivity index (χ2v) is 6.74. The van der Waals surface area contributed by atoms with Crippen LogP contribution in [0.15, 0.2) is 62.2 Å². The number of hydrazine groups is 1. The number of rotatable bonds is 5. The standard InChI is InChI=1S/C20H17BrN2O5/c1-2-9-27-13-8-7-12-10-15(20(26)28-17(12)11-13)19(25)23-22-18(24)14-5-3-4-6-16(14)21/h3-8,10-11H,2,9H2,1H3,(H,22,24)(H,23,25). The van der Waals surface area contributed by atoms with Gasteiger partial charge >= 0.3 is 5.63 Å². The topological polar surface area (TPSA) is 97.6 Å². The first kappa shape index (κ1) is 19.6. The maximum atomic E-state index is 12.3. The largest absolute Gasteiger partial charge is 0.493 e. The van der Waals surface area contributed by atoms with Crippen LogP contribution in [0.4, 0.5) is 0 Å². The summed E-state index contributed by atoms with van der Waals surface area (Å²) >= 11 is 3.26. The number of nitrogens with one attached hydrogen (secondary N) is 2. The molecule has 144 valence electrons. The Morgan fingerprint density at radius 3 is 2.46 bits per heavy atom. The van der Waals surface area contributed by atoms with E-state index in [0.29, 0.717) is 33.4 Å². The van der Waals surface area contributed by atoms with Gasteiger partial charge in [0, 0.05) is 15.9 Å². The lowest BCUT2D eigenvalue weighted by atomic mass is 10.1. The van der Waals surface area contributed by atoms with Crippen LogP contribution < -0.4 is 21.2 Å². The molecule has 0 saturated heterocycles. The van der Waals surface area contributed by atoms with Gasteiger partial charge in [0.25, 0.3) is 11.8 Å². The van der Waals surface area contributed by atoms with Gasteiger partial charge in [-0.05, 0) is 52.7 Å². The highest BCUT2D eigenvalue weighted by molar-refractivity contribution is 9.10. The van der Waals surface area contributed by atoms with Gasteiger partial charge in [-0.15, -0.1) is 0 Å². The van der Waals surface area contributed by atoms with E-state index in [1.54, 1.807) is 42.5 Å². The second kappa shape index (κ2) is 8.71. The Morgan fingerprint density at radius 1 is 1.04 bits per heavy atom. The molecule has 1 aromatic heterocycles. The zero-order valence-corrected chi connectivity index (χ0v) is 16.5. The molecule has 8 heteroatoms. The predicted molar refractivity (Wildman–Crippen MR) is 107 cm³/mol. The first-order valence-electron chi connectivity index (χ1n) is 8.55. The van der Waals surface area contributed by atoms with Crippen LogP contribution in [0.5, 0.6) is 5.75 Å². The molecule has 0 aliphatic carbocycles. The normalized spacial score (nSPS) is 10.5. The van der Waals surface area contributed by atoms with Crippen molar-refractivity contribution in [3.8, 4) is 5.75 Å². The van der Waals surface area contributed by atoms with Crippen molar-refractivity contribution >= 4 is 38.7 Å². The number of benzene rings is 2. The fraction of sp³-hybridized carbons (Fsp3) is 0.150. The molecule has 3 aromatic rings. The highest BCUT2D eigenvalue weighted by Gasteiger charge is 2.16. The van der Waals surface area contributed by atoms with Crippen molar-refractivity contribution in [3.05, 3.63) is 74.6 Å². The summed E-state index contributed by atoms with van der Waals surface area (Å²) in [5.41, 5.74) is 4.12. The summed E-state index contributed by atoms with van der Waals surface area (Å²) in [6.07, 6.45) is 0.854. The molecule has 0 atom stereocenters. The van der Waals surface area contributed by atoms with E-state index < -0.39 is 17.4 Å². The minimum atomic E-state index is -0.812. The van der Waals surface area contributed by atoms with Crippen LogP contribution >= 0.6 is 15.9 Å². The molecule has 2 aromatic carbocycles. The fourth-order valence-corrected chi connectivity index (χ4v) is 2.92. The van der Waals surface area contributed by atoms with Crippen molar-refractivity contribution in [2.45, 2.75) is 13.3 Å². The summed E-state index contributed by atoms with van der Waals surface area (Å²) in [5, 5.41) is 0.561. The van der Waals surface area contributed by atoms with E-state index in [-0.39, 0.29) is 5.56 Å². The molecule has 0 aliphatic rings. The van der Waals surface area contributed by atoms with Crippen LogP contribution in [0.1, 0.15) is 34.1 Å². The van der Waals surface area contributed by atoms with Crippen molar-refractivity contribution in [3.63, 3.8) is 0 Å². The Morgan fingerprint density at radius 2 is 1.75 bits per heavy atom. The average Bonchev–Trinajstić information content (AvgIpc) is 2.69. The number of halogens is 1. The van der Waals surface area contributed by atoms with Gasteiger partial charge in [-0.2, -0.15) is 0 Å². The highest BCUT2D eigenvalue weighted by atomic mass is 79.9. The number of amides is 2. The van der Waals surface area contributed by atoms with E-state index in [2.05, 4.69) is 26.8 Å². The number of ether oxygens (including phenoxy) is 1.